The Labute approximate surface area is 122 Å². The van der Waals surface area contributed by atoms with Gasteiger partial charge in [0.2, 0.25) is 0 Å². The average molecular weight is 278 g/mol. The molecular weight excluding hydrogens is 251 g/mol. The first-order valence-electron chi connectivity index (χ1n) is 7.67. The van der Waals surface area contributed by atoms with Gasteiger partial charge in [0.15, 0.2) is 0 Å². The van der Waals surface area contributed by atoms with Gasteiger partial charge in [0, 0.05) is 18.6 Å². The van der Waals surface area contributed by atoms with Gasteiger partial charge in [-0.15, -0.1) is 0 Å². The zero-order valence-corrected chi connectivity index (χ0v) is 13.0. The van der Waals surface area contributed by atoms with Gasteiger partial charge in [-0.05, 0) is 51.1 Å². The number of hydrogen-bond acceptors (Lipinski definition) is 2. The fourth-order valence-electron chi connectivity index (χ4n) is 3.25. The van der Waals surface area contributed by atoms with Crippen molar-refractivity contribution in [1.82, 2.24) is 10.2 Å². The van der Waals surface area contributed by atoms with Crippen LogP contribution in [-0.2, 0) is 6.54 Å². The molecule has 2 rings (SSSR count). The third-order valence-electron chi connectivity index (χ3n) is 4.74. The molecule has 0 atom stereocenters. The average Bonchev–Trinajstić information content (AvgIpc) is 2.44. The van der Waals surface area contributed by atoms with E-state index < -0.39 is 0 Å². The Balaban J connectivity index is 1.91. The van der Waals surface area contributed by atoms with Crippen molar-refractivity contribution >= 4 is 0 Å². The summed E-state index contributed by atoms with van der Waals surface area (Å²) in [5, 5.41) is 3.58. The third-order valence-corrected chi connectivity index (χ3v) is 4.74. The van der Waals surface area contributed by atoms with Gasteiger partial charge in [-0.25, -0.2) is 4.39 Å². The molecule has 112 valence electrons. The third kappa shape index (κ3) is 3.58. The van der Waals surface area contributed by atoms with Crippen molar-refractivity contribution in [3.8, 4) is 0 Å². The molecule has 1 aromatic rings. The predicted octanol–water partition coefficient (Wildman–Crippen LogP) is 3.49. The van der Waals surface area contributed by atoms with Crippen LogP contribution in [0.5, 0.6) is 0 Å². The molecule has 1 aliphatic carbocycles. The summed E-state index contributed by atoms with van der Waals surface area (Å²) in [7, 11) is 4.38. The molecule has 1 N–H and O–H groups in total. The summed E-state index contributed by atoms with van der Waals surface area (Å²) in [5.74, 6) is -0.120. The van der Waals surface area contributed by atoms with Crippen molar-refractivity contribution in [1.29, 1.82) is 0 Å². The van der Waals surface area contributed by atoms with E-state index in [1.165, 1.54) is 32.1 Å². The lowest BCUT2D eigenvalue weighted by atomic mass is 9.80. The van der Waals surface area contributed by atoms with E-state index in [0.717, 1.165) is 24.2 Å². The smallest absolute Gasteiger partial charge is 0.126 e. The van der Waals surface area contributed by atoms with Crippen molar-refractivity contribution in [3.63, 3.8) is 0 Å². The molecule has 1 saturated carbocycles. The van der Waals surface area contributed by atoms with Gasteiger partial charge in [-0.2, -0.15) is 0 Å². The molecule has 2 nitrogen and oxygen atoms in total. The monoisotopic (exact) mass is 278 g/mol. The lowest BCUT2D eigenvalue weighted by Gasteiger charge is -2.43. The van der Waals surface area contributed by atoms with Gasteiger partial charge in [0.1, 0.15) is 5.82 Å². The van der Waals surface area contributed by atoms with Crippen molar-refractivity contribution in [2.24, 2.45) is 0 Å². The Kier molecular flexibility index (Phi) is 5.17. The molecule has 1 aromatic carbocycles. The number of hydrogen-bond donors (Lipinski definition) is 1. The van der Waals surface area contributed by atoms with E-state index in [4.69, 9.17) is 0 Å². The minimum Gasteiger partial charge on any atom is -0.311 e. The quantitative estimate of drug-likeness (QED) is 0.887. The van der Waals surface area contributed by atoms with Gasteiger partial charge in [0.05, 0.1) is 0 Å². The van der Waals surface area contributed by atoms with Crippen molar-refractivity contribution in [2.75, 3.05) is 20.6 Å². The van der Waals surface area contributed by atoms with Crippen LogP contribution in [-0.4, -0.2) is 31.1 Å². The first-order valence-corrected chi connectivity index (χ1v) is 7.67. The lowest BCUT2D eigenvalue weighted by molar-refractivity contribution is 0.0984. The van der Waals surface area contributed by atoms with E-state index in [1.807, 2.05) is 19.1 Å². The highest BCUT2D eigenvalue weighted by atomic mass is 19.1. The van der Waals surface area contributed by atoms with E-state index in [9.17, 15) is 4.39 Å². The largest absolute Gasteiger partial charge is 0.311 e. The normalized spacial score (nSPS) is 18.4. The Morgan fingerprint density at radius 1 is 1.20 bits per heavy atom. The molecule has 1 fully saturated rings. The van der Waals surface area contributed by atoms with E-state index in [0.29, 0.717) is 5.54 Å². The van der Waals surface area contributed by atoms with Crippen LogP contribution in [0.2, 0.25) is 0 Å². The summed E-state index contributed by atoms with van der Waals surface area (Å²) in [6, 6.07) is 5.37. The number of nitrogens with one attached hydrogen (secondary N) is 1. The number of aryl methyl sites for hydroxylation is 1. The molecule has 0 aromatic heterocycles. The van der Waals surface area contributed by atoms with Crippen LogP contribution < -0.4 is 5.32 Å². The van der Waals surface area contributed by atoms with Crippen LogP contribution in [0.25, 0.3) is 0 Å². The first kappa shape index (κ1) is 15.5. The standard InChI is InChI=1S/C17H27FN2/c1-14-11-15(7-8-16(14)18)12-19-13-17(20(2)3)9-5-4-6-10-17/h7-8,11,19H,4-6,9-10,12-13H2,1-3H3. The Morgan fingerprint density at radius 2 is 1.90 bits per heavy atom. The van der Waals surface area contributed by atoms with Gasteiger partial charge in [-0.1, -0.05) is 31.4 Å². The second kappa shape index (κ2) is 6.68. The number of halogens is 1. The Bertz CT molecular complexity index is 437. The van der Waals surface area contributed by atoms with Crippen molar-refractivity contribution < 1.29 is 4.39 Å². The van der Waals surface area contributed by atoms with Crippen LogP contribution >= 0.6 is 0 Å². The zero-order valence-electron chi connectivity index (χ0n) is 13.0. The minimum absolute atomic E-state index is 0.120. The maximum atomic E-state index is 13.3. The lowest BCUT2D eigenvalue weighted by Crippen LogP contribution is -2.52. The number of rotatable bonds is 5. The van der Waals surface area contributed by atoms with Crippen LogP contribution in [0.1, 0.15) is 43.2 Å². The maximum Gasteiger partial charge on any atom is 0.126 e. The molecule has 1 aliphatic rings. The summed E-state index contributed by atoms with van der Waals surface area (Å²) in [6.45, 7) is 3.65. The number of nitrogens with zero attached hydrogens (tertiary/aromatic N) is 1. The van der Waals surface area contributed by atoms with Crippen LogP contribution in [0, 0.1) is 12.7 Å². The molecular formula is C17H27FN2. The fourth-order valence-corrected chi connectivity index (χ4v) is 3.25. The Hall–Kier alpha value is -0.930. The number of benzene rings is 1. The second-order valence-electron chi connectivity index (χ2n) is 6.37. The van der Waals surface area contributed by atoms with E-state index in [1.54, 1.807) is 6.07 Å². The molecule has 0 heterocycles. The predicted molar refractivity (Wildman–Crippen MR) is 82.3 cm³/mol. The molecule has 3 heteroatoms. The van der Waals surface area contributed by atoms with E-state index in [2.05, 4.69) is 24.3 Å². The number of likely N-dealkylation sites (N-methyl/N-ethyl adjacent to an activating group) is 1. The van der Waals surface area contributed by atoms with Gasteiger partial charge in [0.25, 0.3) is 0 Å². The molecule has 0 spiro atoms. The molecule has 0 aliphatic heterocycles. The summed E-state index contributed by atoms with van der Waals surface area (Å²) in [6.07, 6.45) is 6.57. The molecule has 0 unspecified atom stereocenters. The fraction of sp³-hybridized carbons (Fsp3) is 0.647. The van der Waals surface area contributed by atoms with Gasteiger partial charge < -0.3 is 10.2 Å². The highest BCUT2D eigenvalue weighted by Crippen LogP contribution is 2.31. The van der Waals surface area contributed by atoms with Crippen molar-refractivity contribution in [3.05, 3.63) is 35.1 Å². The molecule has 0 bridgehead atoms. The van der Waals surface area contributed by atoms with Gasteiger partial charge >= 0.3 is 0 Å². The minimum atomic E-state index is -0.120. The molecule has 0 saturated heterocycles. The van der Waals surface area contributed by atoms with Crippen LogP contribution in [0.15, 0.2) is 18.2 Å². The summed E-state index contributed by atoms with van der Waals surface area (Å²) in [4.78, 5) is 2.38. The summed E-state index contributed by atoms with van der Waals surface area (Å²) >= 11 is 0. The van der Waals surface area contributed by atoms with E-state index >= 15 is 0 Å². The summed E-state index contributed by atoms with van der Waals surface area (Å²) < 4.78 is 13.3. The molecule has 0 radical (unpaired) electrons. The topological polar surface area (TPSA) is 15.3 Å². The van der Waals surface area contributed by atoms with E-state index in [-0.39, 0.29) is 5.82 Å². The van der Waals surface area contributed by atoms with Crippen LogP contribution in [0.4, 0.5) is 4.39 Å². The second-order valence-corrected chi connectivity index (χ2v) is 6.37. The molecule has 0 amide bonds. The van der Waals surface area contributed by atoms with Gasteiger partial charge in [-0.3, -0.25) is 0 Å². The highest BCUT2D eigenvalue weighted by Gasteiger charge is 2.33. The van der Waals surface area contributed by atoms with Crippen LogP contribution in [0.3, 0.4) is 0 Å². The highest BCUT2D eigenvalue weighted by molar-refractivity contribution is 5.23. The first-order chi connectivity index (χ1) is 9.53. The van der Waals surface area contributed by atoms with Crippen molar-refractivity contribution in [2.45, 2.75) is 51.1 Å². The maximum absolute atomic E-state index is 13.3. The Morgan fingerprint density at radius 3 is 2.50 bits per heavy atom. The zero-order chi connectivity index (χ0) is 14.6. The summed E-state index contributed by atoms with van der Waals surface area (Å²) in [5.41, 5.74) is 2.19. The molecule has 20 heavy (non-hydrogen) atoms. The SMILES string of the molecule is Cc1cc(CNCC2(N(C)C)CCCCC2)ccc1F.